The first-order valence-corrected chi connectivity index (χ1v) is 11.9. The third-order valence-corrected chi connectivity index (χ3v) is 6.64. The molecule has 32 heavy (non-hydrogen) atoms. The quantitative estimate of drug-likeness (QED) is 0.666. The second-order valence-electron chi connectivity index (χ2n) is 9.22. The van der Waals surface area contributed by atoms with Crippen molar-refractivity contribution >= 4 is 29.1 Å². The van der Waals surface area contributed by atoms with E-state index in [0.29, 0.717) is 24.2 Å². The predicted molar refractivity (Wildman–Crippen MR) is 130 cm³/mol. The number of halogens is 1. The Hall–Kier alpha value is -2.22. The van der Waals surface area contributed by atoms with Crippen LogP contribution in [0.2, 0.25) is 5.02 Å². The Bertz CT molecular complexity index is 927. The Labute approximate surface area is 195 Å². The van der Waals surface area contributed by atoms with Crippen LogP contribution in [0.4, 0.5) is 11.6 Å². The van der Waals surface area contributed by atoms with Gasteiger partial charge in [-0.25, -0.2) is 9.97 Å². The van der Waals surface area contributed by atoms with E-state index in [0.717, 1.165) is 55.7 Å². The van der Waals surface area contributed by atoms with Gasteiger partial charge in [0.05, 0.1) is 0 Å². The van der Waals surface area contributed by atoms with E-state index < -0.39 is 0 Å². The number of piperazine rings is 1. The van der Waals surface area contributed by atoms with Crippen LogP contribution in [0.25, 0.3) is 0 Å². The molecule has 7 nitrogen and oxygen atoms in total. The number of hydrogen-bond acceptors (Lipinski definition) is 6. The molecular formula is C24H33ClN6O. The summed E-state index contributed by atoms with van der Waals surface area (Å²) >= 11 is 6.11. The summed E-state index contributed by atoms with van der Waals surface area (Å²) in [5.41, 5.74) is 2.38. The second-order valence-corrected chi connectivity index (χ2v) is 9.65. The molecule has 1 amide bonds. The lowest BCUT2D eigenvalue weighted by Gasteiger charge is -2.38. The molecule has 8 heteroatoms. The van der Waals surface area contributed by atoms with Crippen LogP contribution in [-0.4, -0.2) is 66.1 Å². The van der Waals surface area contributed by atoms with Gasteiger partial charge in [-0.15, -0.1) is 0 Å². The minimum absolute atomic E-state index is 0.0372. The molecule has 0 spiro atoms. The number of nitrogens with one attached hydrogen (secondary N) is 2. The van der Waals surface area contributed by atoms with Crippen LogP contribution in [0.5, 0.6) is 0 Å². The number of aromatic nitrogens is 2. The first-order valence-electron chi connectivity index (χ1n) is 11.5. The molecule has 1 aromatic heterocycles. The Balaban J connectivity index is 1.41. The van der Waals surface area contributed by atoms with Crippen molar-refractivity contribution in [2.24, 2.45) is 5.92 Å². The van der Waals surface area contributed by atoms with Crippen molar-refractivity contribution in [3.8, 4) is 0 Å². The summed E-state index contributed by atoms with van der Waals surface area (Å²) in [6.07, 6.45) is 2.25. The van der Waals surface area contributed by atoms with E-state index in [2.05, 4.69) is 56.4 Å². The Kier molecular flexibility index (Phi) is 7.28. The number of amides is 1. The minimum Gasteiger partial charge on any atom is -0.354 e. The van der Waals surface area contributed by atoms with Gasteiger partial charge in [0.2, 0.25) is 5.91 Å². The number of fused-ring (bicyclic) bond motifs is 1. The molecule has 2 atom stereocenters. The van der Waals surface area contributed by atoms with E-state index in [1.165, 1.54) is 5.56 Å². The van der Waals surface area contributed by atoms with Crippen LogP contribution in [0.15, 0.2) is 30.6 Å². The zero-order chi connectivity index (χ0) is 22.7. The number of rotatable bonds is 7. The highest BCUT2D eigenvalue weighted by Gasteiger charge is 2.29. The predicted octanol–water partition coefficient (Wildman–Crippen LogP) is 3.16. The molecule has 1 unspecified atom stereocenters. The van der Waals surface area contributed by atoms with Gasteiger partial charge >= 0.3 is 0 Å². The number of anilines is 2. The molecule has 0 radical (unpaired) electrons. The third-order valence-electron chi connectivity index (χ3n) is 6.39. The van der Waals surface area contributed by atoms with Gasteiger partial charge in [-0.1, -0.05) is 44.5 Å². The van der Waals surface area contributed by atoms with Gasteiger partial charge in [-0.2, -0.15) is 0 Å². The number of carbonyl (C=O) groups is 1. The molecule has 172 valence electrons. The van der Waals surface area contributed by atoms with Gasteiger partial charge in [-0.3, -0.25) is 9.69 Å². The smallest absolute Gasteiger partial charge is 0.228 e. The molecule has 2 aliphatic heterocycles. The van der Waals surface area contributed by atoms with E-state index in [9.17, 15) is 4.79 Å². The maximum absolute atomic E-state index is 12.0. The van der Waals surface area contributed by atoms with Crippen molar-refractivity contribution in [2.75, 3.05) is 49.5 Å². The van der Waals surface area contributed by atoms with Crippen molar-refractivity contribution in [3.05, 3.63) is 46.7 Å². The SMILES string of the molecule is CC(C)NC[C@@H](CN1CCN(c2ncnc3c2CC(C)C(=O)N3)CC1)c1ccc(Cl)cc1. The molecule has 1 fully saturated rings. The molecule has 0 bridgehead atoms. The lowest BCUT2D eigenvalue weighted by atomic mass is 9.96. The number of carbonyl (C=O) groups excluding carboxylic acids is 1. The van der Waals surface area contributed by atoms with Crippen LogP contribution >= 0.6 is 11.6 Å². The van der Waals surface area contributed by atoms with Crippen molar-refractivity contribution in [2.45, 2.75) is 39.2 Å². The highest BCUT2D eigenvalue weighted by molar-refractivity contribution is 6.30. The Morgan fingerprint density at radius 1 is 1.16 bits per heavy atom. The van der Waals surface area contributed by atoms with Crippen molar-refractivity contribution in [1.29, 1.82) is 0 Å². The lowest BCUT2D eigenvalue weighted by Crippen LogP contribution is -2.49. The highest BCUT2D eigenvalue weighted by atomic mass is 35.5. The van der Waals surface area contributed by atoms with E-state index in [-0.39, 0.29) is 11.8 Å². The maximum atomic E-state index is 12.0. The van der Waals surface area contributed by atoms with Gasteiger partial charge in [0, 0.05) is 67.7 Å². The first-order chi connectivity index (χ1) is 15.4. The fourth-order valence-corrected chi connectivity index (χ4v) is 4.59. The third kappa shape index (κ3) is 5.39. The Morgan fingerprint density at radius 3 is 2.56 bits per heavy atom. The maximum Gasteiger partial charge on any atom is 0.228 e. The van der Waals surface area contributed by atoms with Gasteiger partial charge in [0.15, 0.2) is 0 Å². The average Bonchev–Trinajstić information content (AvgIpc) is 2.78. The number of hydrogen-bond donors (Lipinski definition) is 2. The molecule has 2 aliphatic rings. The molecule has 0 saturated carbocycles. The summed E-state index contributed by atoms with van der Waals surface area (Å²) in [5.74, 6) is 2.03. The topological polar surface area (TPSA) is 73.4 Å². The highest BCUT2D eigenvalue weighted by Crippen LogP contribution is 2.31. The first kappa shape index (κ1) is 23.0. The van der Waals surface area contributed by atoms with E-state index in [1.54, 1.807) is 6.33 Å². The lowest BCUT2D eigenvalue weighted by molar-refractivity contribution is -0.119. The summed E-state index contributed by atoms with van der Waals surface area (Å²) < 4.78 is 0. The second kappa shape index (κ2) is 10.1. The summed E-state index contributed by atoms with van der Waals surface area (Å²) in [4.78, 5) is 25.8. The van der Waals surface area contributed by atoms with Crippen molar-refractivity contribution in [3.63, 3.8) is 0 Å². The van der Waals surface area contributed by atoms with Crippen LogP contribution < -0.4 is 15.5 Å². The molecule has 0 aliphatic carbocycles. The zero-order valence-corrected chi connectivity index (χ0v) is 19.9. The summed E-state index contributed by atoms with van der Waals surface area (Å²) in [5, 5.41) is 7.30. The van der Waals surface area contributed by atoms with E-state index in [4.69, 9.17) is 11.6 Å². The van der Waals surface area contributed by atoms with Gasteiger partial charge in [0.25, 0.3) is 0 Å². The largest absolute Gasteiger partial charge is 0.354 e. The summed E-state index contributed by atoms with van der Waals surface area (Å²) in [6, 6.07) is 8.71. The minimum atomic E-state index is -0.0536. The van der Waals surface area contributed by atoms with E-state index >= 15 is 0 Å². The molecule has 2 N–H and O–H groups in total. The fraction of sp³-hybridized carbons (Fsp3) is 0.542. The molecule has 2 aromatic rings. The molecule has 1 saturated heterocycles. The van der Waals surface area contributed by atoms with Crippen LogP contribution in [0.1, 0.15) is 37.8 Å². The van der Waals surface area contributed by atoms with Crippen LogP contribution in [0.3, 0.4) is 0 Å². The fourth-order valence-electron chi connectivity index (χ4n) is 4.46. The molecule has 1 aromatic carbocycles. The van der Waals surface area contributed by atoms with Crippen LogP contribution in [0, 0.1) is 5.92 Å². The monoisotopic (exact) mass is 456 g/mol. The van der Waals surface area contributed by atoms with E-state index in [1.807, 2.05) is 19.1 Å². The molecule has 3 heterocycles. The Morgan fingerprint density at radius 2 is 1.88 bits per heavy atom. The average molecular weight is 457 g/mol. The summed E-state index contributed by atoms with van der Waals surface area (Å²) in [6.45, 7) is 12.1. The van der Waals surface area contributed by atoms with Gasteiger partial charge in [0.1, 0.15) is 18.0 Å². The number of nitrogens with zero attached hydrogens (tertiary/aromatic N) is 4. The van der Waals surface area contributed by atoms with Crippen LogP contribution in [-0.2, 0) is 11.2 Å². The van der Waals surface area contributed by atoms with Gasteiger partial charge in [-0.05, 0) is 24.1 Å². The molecule has 4 rings (SSSR count). The van der Waals surface area contributed by atoms with Crippen molar-refractivity contribution < 1.29 is 4.79 Å². The normalized spacial score (nSPS) is 20.2. The zero-order valence-electron chi connectivity index (χ0n) is 19.1. The van der Waals surface area contributed by atoms with Crippen molar-refractivity contribution in [1.82, 2.24) is 20.2 Å². The van der Waals surface area contributed by atoms with Gasteiger partial charge < -0.3 is 15.5 Å². The number of benzene rings is 1. The molecular weight excluding hydrogens is 424 g/mol. The summed E-state index contributed by atoms with van der Waals surface area (Å²) in [7, 11) is 0. The standard InChI is InChI=1S/C24H33ClN6O/c1-16(2)26-13-19(18-4-6-20(25)7-5-18)14-30-8-10-31(11-9-30)23-21-12-17(3)24(32)29-22(21)27-15-28-23/h4-7,15-17,19,26H,8-14H2,1-3H3,(H,27,28,29,32)/t17?,19-/m0/s1.